The van der Waals surface area contributed by atoms with Crippen molar-refractivity contribution in [3.05, 3.63) is 35.9 Å². The molecule has 0 amide bonds. The minimum Gasteiger partial charge on any atom is -0.299 e. The van der Waals surface area contributed by atoms with E-state index < -0.39 is 0 Å². The molecule has 0 spiro atoms. The van der Waals surface area contributed by atoms with Crippen LogP contribution in [0.2, 0.25) is 0 Å². The van der Waals surface area contributed by atoms with E-state index in [9.17, 15) is 9.59 Å². The highest BCUT2D eigenvalue weighted by Gasteiger charge is 2.10. The van der Waals surface area contributed by atoms with Gasteiger partial charge in [0.2, 0.25) is 0 Å². The van der Waals surface area contributed by atoms with Crippen molar-refractivity contribution in [2.45, 2.75) is 116 Å². The van der Waals surface area contributed by atoms with Gasteiger partial charge in [-0.3, -0.25) is 9.59 Å². The van der Waals surface area contributed by atoms with E-state index in [-0.39, 0.29) is 41.0 Å². The van der Waals surface area contributed by atoms with E-state index in [0.29, 0.717) is 12.0 Å². The molecular weight excluding hydrogens is 369 g/mol. The molecule has 0 radical (unpaired) electrons. The summed E-state index contributed by atoms with van der Waals surface area (Å²) in [6, 6.07) is 9.12. The van der Waals surface area contributed by atoms with Crippen molar-refractivity contribution in [2.75, 3.05) is 0 Å². The maximum absolute atomic E-state index is 12.0. The smallest absolute Gasteiger partial charge is 0.299 e. The van der Waals surface area contributed by atoms with Gasteiger partial charge in [0, 0.05) is 12.0 Å². The quantitative estimate of drug-likeness (QED) is 0.104. The SMILES string of the molecule is CCCCCCCCCCCCCCCCCC(=O)CC(=O)c1ccccc1.[MgH2]. The molecule has 0 aliphatic carbocycles. The second-order valence-corrected chi connectivity index (χ2v) is 8.20. The van der Waals surface area contributed by atoms with E-state index in [0.717, 1.165) is 12.8 Å². The number of benzene rings is 1. The van der Waals surface area contributed by atoms with Crippen LogP contribution >= 0.6 is 0 Å². The van der Waals surface area contributed by atoms with Gasteiger partial charge in [0.05, 0.1) is 6.42 Å². The Morgan fingerprint density at radius 2 is 1.03 bits per heavy atom. The Labute approximate surface area is 195 Å². The van der Waals surface area contributed by atoms with Gasteiger partial charge in [0.15, 0.2) is 5.78 Å². The number of unbranched alkanes of at least 4 members (excludes halogenated alkanes) is 14. The lowest BCUT2D eigenvalue weighted by Gasteiger charge is -2.04. The van der Waals surface area contributed by atoms with Gasteiger partial charge >= 0.3 is 23.1 Å². The van der Waals surface area contributed by atoms with Gasteiger partial charge in [-0.1, -0.05) is 127 Å². The molecular formula is C26H44MgO2. The minimum atomic E-state index is -0.0495. The van der Waals surface area contributed by atoms with E-state index in [1.807, 2.05) is 18.2 Å². The number of Topliss-reactive ketones (excluding diaryl/α,β-unsaturated/α-hetero) is 2. The molecule has 0 fully saturated rings. The van der Waals surface area contributed by atoms with Crippen molar-refractivity contribution in [2.24, 2.45) is 0 Å². The van der Waals surface area contributed by atoms with Gasteiger partial charge < -0.3 is 0 Å². The Bertz CT molecular complexity index is 513. The van der Waals surface area contributed by atoms with Crippen molar-refractivity contribution in [1.82, 2.24) is 0 Å². The molecule has 0 atom stereocenters. The molecule has 1 aromatic rings. The van der Waals surface area contributed by atoms with Gasteiger partial charge in [0.25, 0.3) is 0 Å². The number of ketones is 2. The maximum atomic E-state index is 12.0. The van der Waals surface area contributed by atoms with Crippen LogP contribution in [0.15, 0.2) is 30.3 Å². The monoisotopic (exact) mass is 412 g/mol. The average Bonchev–Trinajstić information content (AvgIpc) is 2.71. The molecule has 0 saturated carbocycles. The summed E-state index contributed by atoms with van der Waals surface area (Å²) in [6.45, 7) is 2.27. The normalized spacial score (nSPS) is 10.5. The Balaban J connectivity index is 0.00000784. The van der Waals surface area contributed by atoms with Gasteiger partial charge in [0.1, 0.15) is 5.78 Å². The first-order chi connectivity index (χ1) is 13.7. The summed E-state index contributed by atoms with van der Waals surface area (Å²) < 4.78 is 0. The summed E-state index contributed by atoms with van der Waals surface area (Å²) >= 11 is 0. The number of rotatable bonds is 19. The summed E-state index contributed by atoms with van der Waals surface area (Å²) in [5.41, 5.74) is 0.646. The van der Waals surface area contributed by atoms with E-state index in [2.05, 4.69) is 6.92 Å². The van der Waals surface area contributed by atoms with Crippen LogP contribution in [-0.4, -0.2) is 34.6 Å². The zero-order chi connectivity index (χ0) is 20.3. The molecule has 0 aliphatic heterocycles. The number of hydrogen-bond donors (Lipinski definition) is 0. The largest absolute Gasteiger partial charge is 0.316 e. The molecule has 162 valence electrons. The van der Waals surface area contributed by atoms with Crippen molar-refractivity contribution in [3.8, 4) is 0 Å². The molecule has 0 unspecified atom stereocenters. The summed E-state index contributed by atoms with van der Waals surface area (Å²) in [6.07, 6.45) is 20.5. The van der Waals surface area contributed by atoms with E-state index in [1.165, 1.54) is 83.5 Å². The molecule has 1 rings (SSSR count). The Hall–Kier alpha value is -0.674. The zero-order valence-electron chi connectivity index (χ0n) is 18.2. The highest BCUT2D eigenvalue weighted by Crippen LogP contribution is 2.14. The number of hydrogen-bond acceptors (Lipinski definition) is 2. The number of carbonyl (C=O) groups is 2. The van der Waals surface area contributed by atoms with Crippen molar-refractivity contribution in [3.63, 3.8) is 0 Å². The standard InChI is InChI=1S/C26H42O2.Mg.2H/c1-2-3-4-5-6-7-8-9-10-11-12-13-14-15-19-22-25(27)23-26(28)24-20-17-16-18-21-24;;;/h16-18,20-21H,2-15,19,22-23H2,1H3;;;. The van der Waals surface area contributed by atoms with E-state index in [4.69, 9.17) is 0 Å². The van der Waals surface area contributed by atoms with Crippen LogP contribution in [0.25, 0.3) is 0 Å². The Morgan fingerprint density at radius 1 is 0.621 bits per heavy atom. The fourth-order valence-corrected chi connectivity index (χ4v) is 3.69. The van der Waals surface area contributed by atoms with Crippen molar-refractivity contribution in [1.29, 1.82) is 0 Å². The maximum Gasteiger partial charge on any atom is 0.316 e. The zero-order valence-corrected chi connectivity index (χ0v) is 18.2. The van der Waals surface area contributed by atoms with Crippen LogP contribution < -0.4 is 0 Å². The lowest BCUT2D eigenvalue weighted by atomic mass is 10.0. The molecule has 0 aromatic heterocycles. The second-order valence-electron chi connectivity index (χ2n) is 8.20. The van der Waals surface area contributed by atoms with Gasteiger partial charge in [-0.25, -0.2) is 0 Å². The Kier molecular flexibility index (Phi) is 20.1. The lowest BCUT2D eigenvalue weighted by Crippen LogP contribution is -2.07. The van der Waals surface area contributed by atoms with E-state index >= 15 is 0 Å². The molecule has 0 heterocycles. The first-order valence-electron chi connectivity index (χ1n) is 11.8. The summed E-state index contributed by atoms with van der Waals surface area (Å²) in [5, 5.41) is 0. The fraction of sp³-hybridized carbons (Fsp3) is 0.692. The molecule has 1 aromatic carbocycles. The second kappa shape index (κ2) is 20.6. The molecule has 0 bridgehead atoms. The predicted octanol–water partition coefficient (Wildman–Crippen LogP) is 7.17. The Morgan fingerprint density at radius 3 is 1.48 bits per heavy atom. The van der Waals surface area contributed by atoms with Crippen LogP contribution in [0.3, 0.4) is 0 Å². The molecule has 0 saturated heterocycles. The third kappa shape index (κ3) is 16.8. The van der Waals surface area contributed by atoms with Crippen LogP contribution in [0.4, 0.5) is 0 Å². The minimum absolute atomic E-state index is 0. The highest BCUT2D eigenvalue weighted by molar-refractivity contribution is 6.07. The van der Waals surface area contributed by atoms with Gasteiger partial charge in [-0.2, -0.15) is 0 Å². The third-order valence-corrected chi connectivity index (χ3v) is 5.51. The molecule has 0 aliphatic rings. The molecule has 0 N–H and O–H groups in total. The van der Waals surface area contributed by atoms with Crippen LogP contribution in [0.5, 0.6) is 0 Å². The van der Waals surface area contributed by atoms with Gasteiger partial charge in [-0.15, -0.1) is 0 Å². The van der Waals surface area contributed by atoms with Crippen molar-refractivity contribution < 1.29 is 9.59 Å². The fourth-order valence-electron chi connectivity index (χ4n) is 3.69. The first kappa shape index (κ1) is 28.3. The van der Waals surface area contributed by atoms with Crippen molar-refractivity contribution >= 4 is 34.6 Å². The summed E-state index contributed by atoms with van der Waals surface area (Å²) in [7, 11) is 0. The van der Waals surface area contributed by atoms with Crippen LogP contribution in [0.1, 0.15) is 126 Å². The topological polar surface area (TPSA) is 34.1 Å². The van der Waals surface area contributed by atoms with Crippen LogP contribution in [0, 0.1) is 0 Å². The molecule has 3 heteroatoms. The summed E-state index contributed by atoms with van der Waals surface area (Å²) in [5.74, 6) is 0.0371. The molecule has 2 nitrogen and oxygen atoms in total. The molecule has 29 heavy (non-hydrogen) atoms. The third-order valence-electron chi connectivity index (χ3n) is 5.51. The highest BCUT2D eigenvalue weighted by atomic mass is 24.3. The van der Waals surface area contributed by atoms with Crippen LogP contribution in [-0.2, 0) is 4.79 Å². The number of carbonyl (C=O) groups excluding carboxylic acids is 2. The summed E-state index contributed by atoms with van der Waals surface area (Å²) in [4.78, 5) is 23.9. The van der Waals surface area contributed by atoms with Gasteiger partial charge in [-0.05, 0) is 6.42 Å². The average molecular weight is 413 g/mol. The predicted molar refractivity (Wildman–Crippen MR) is 128 cm³/mol. The lowest BCUT2D eigenvalue weighted by molar-refractivity contribution is -0.118. The van der Waals surface area contributed by atoms with E-state index in [1.54, 1.807) is 12.1 Å². The first-order valence-corrected chi connectivity index (χ1v) is 11.8.